The summed E-state index contributed by atoms with van der Waals surface area (Å²) in [4.78, 5) is 16.8. The van der Waals surface area contributed by atoms with Gasteiger partial charge in [0.15, 0.2) is 5.78 Å². The predicted octanol–water partition coefficient (Wildman–Crippen LogP) is 5.48. The van der Waals surface area contributed by atoms with Crippen molar-refractivity contribution in [2.45, 2.75) is 26.5 Å². The van der Waals surface area contributed by atoms with Crippen molar-refractivity contribution in [1.82, 2.24) is 4.98 Å². The molecule has 4 N–H and O–H groups in total. The molecule has 0 aliphatic rings. The number of H-pyrrole nitrogens is 1. The maximum Gasteiger partial charge on any atom is 0.191 e. The largest absolute Gasteiger partial charge is 0.491 e. The van der Waals surface area contributed by atoms with E-state index in [4.69, 9.17) is 21.4 Å². The lowest BCUT2D eigenvalue weighted by Crippen LogP contribution is -2.23. The Morgan fingerprint density at radius 3 is 2.63 bits per heavy atom. The Kier molecular flexibility index (Phi) is 7.40. The zero-order chi connectivity index (χ0) is 25.1. The molecule has 3 aromatic carbocycles. The molecule has 0 fully saturated rings. The van der Waals surface area contributed by atoms with Crippen LogP contribution >= 0.6 is 11.6 Å². The van der Waals surface area contributed by atoms with E-state index >= 15 is 0 Å². The average molecular weight is 497 g/mol. The topological polar surface area (TPSA) is 94.6 Å². The van der Waals surface area contributed by atoms with Gasteiger partial charge in [-0.15, -0.1) is 0 Å². The minimum absolute atomic E-state index is 0.126. The number of aliphatic hydroxyl groups excluding tert-OH is 2. The number of aliphatic hydroxyl groups is 2. The summed E-state index contributed by atoms with van der Waals surface area (Å²) >= 11 is 6.14. The smallest absolute Gasteiger partial charge is 0.191 e. The Balaban J connectivity index is 1.82. The number of nitrogens with one attached hydrogen (secondary N) is 2. The van der Waals surface area contributed by atoms with E-state index in [1.165, 1.54) is 12.3 Å². The number of aryl methyl sites for hydroxylation is 2. The van der Waals surface area contributed by atoms with E-state index in [1.54, 1.807) is 37.3 Å². The number of carbonyl (C=O) groups is 1. The molecular weight excluding hydrogens is 471 g/mol. The molecule has 1 aromatic heterocycles. The Morgan fingerprint density at radius 1 is 1.11 bits per heavy atom. The summed E-state index contributed by atoms with van der Waals surface area (Å²) in [6.07, 6.45) is 1.50. The third-order valence-corrected chi connectivity index (χ3v) is 5.96. The van der Waals surface area contributed by atoms with E-state index in [2.05, 4.69) is 10.3 Å². The van der Waals surface area contributed by atoms with E-state index in [9.17, 15) is 14.3 Å². The highest BCUT2D eigenvalue weighted by Gasteiger charge is 2.27. The molecule has 0 bridgehead atoms. The van der Waals surface area contributed by atoms with Crippen molar-refractivity contribution in [3.8, 4) is 5.75 Å². The Bertz CT molecular complexity index is 1390. The number of halogens is 2. The molecule has 0 spiro atoms. The second-order valence-corrected chi connectivity index (χ2v) is 8.86. The molecule has 1 heterocycles. The lowest BCUT2D eigenvalue weighted by molar-refractivity contribution is 0.0970. The van der Waals surface area contributed by atoms with Gasteiger partial charge in [-0.25, -0.2) is 4.39 Å². The number of ketones is 1. The van der Waals surface area contributed by atoms with Crippen molar-refractivity contribution in [1.29, 1.82) is 0 Å². The highest BCUT2D eigenvalue weighted by Crippen LogP contribution is 2.33. The van der Waals surface area contributed by atoms with E-state index < -0.39 is 11.9 Å². The molecular formula is C27H26ClFN2O4. The summed E-state index contributed by atoms with van der Waals surface area (Å²) in [5.41, 5.74) is 3.81. The number of hydrogen-bond donors (Lipinski definition) is 4. The minimum atomic E-state index is -0.913. The van der Waals surface area contributed by atoms with Gasteiger partial charge in [0.1, 0.15) is 24.2 Å². The highest BCUT2D eigenvalue weighted by molar-refractivity contribution is 6.30. The number of Topliss-reactive ketones (excluding diaryl/α,β-unsaturated/α-hetero) is 1. The number of aromatic amines is 1. The quantitative estimate of drug-likeness (QED) is 0.230. The van der Waals surface area contributed by atoms with Crippen LogP contribution in [0.3, 0.4) is 0 Å². The molecule has 1 atom stereocenters. The van der Waals surface area contributed by atoms with Crippen molar-refractivity contribution in [3.63, 3.8) is 0 Å². The van der Waals surface area contributed by atoms with Gasteiger partial charge in [0.25, 0.3) is 0 Å². The molecule has 0 aliphatic carbocycles. The zero-order valence-electron chi connectivity index (χ0n) is 19.4. The molecule has 8 heteroatoms. The summed E-state index contributed by atoms with van der Waals surface area (Å²) in [5.74, 6) is -0.205. The normalized spacial score (nSPS) is 12.1. The number of fused-ring (bicyclic) bond motifs is 1. The second-order valence-electron chi connectivity index (χ2n) is 8.42. The Hall–Kier alpha value is -3.39. The molecule has 4 aromatic rings. The predicted molar refractivity (Wildman–Crippen MR) is 135 cm³/mol. The molecule has 0 radical (unpaired) electrons. The van der Waals surface area contributed by atoms with Crippen LogP contribution in [0.25, 0.3) is 10.9 Å². The number of benzene rings is 3. The molecule has 6 nitrogen and oxygen atoms in total. The van der Waals surface area contributed by atoms with Crippen molar-refractivity contribution >= 4 is 34.0 Å². The number of hydrogen-bond acceptors (Lipinski definition) is 5. The fourth-order valence-corrected chi connectivity index (χ4v) is 4.40. The molecule has 182 valence electrons. The summed E-state index contributed by atoms with van der Waals surface area (Å²) in [6, 6.07) is 12.6. The molecule has 1 unspecified atom stereocenters. The van der Waals surface area contributed by atoms with Crippen molar-refractivity contribution in [2.75, 3.05) is 18.5 Å². The van der Waals surface area contributed by atoms with Crippen molar-refractivity contribution < 1.29 is 24.1 Å². The van der Waals surface area contributed by atoms with Gasteiger partial charge in [0.05, 0.1) is 18.7 Å². The SMILES string of the molecule is Cc1cc(NC(C(=O)c2c[nH]c3c(F)cc(C)cc23)c2ccc(Cl)cc2CO)cc(OCCO)c1. The van der Waals surface area contributed by atoms with Gasteiger partial charge in [0, 0.05) is 33.9 Å². The average Bonchev–Trinajstić information content (AvgIpc) is 3.24. The molecule has 0 amide bonds. The van der Waals surface area contributed by atoms with Crippen molar-refractivity contribution in [3.05, 3.63) is 93.4 Å². The fraction of sp³-hybridized carbons (Fsp3) is 0.222. The zero-order valence-corrected chi connectivity index (χ0v) is 20.1. The fourth-order valence-electron chi connectivity index (χ4n) is 4.20. The van der Waals surface area contributed by atoms with E-state index in [0.29, 0.717) is 44.1 Å². The lowest BCUT2D eigenvalue weighted by atomic mass is 9.93. The summed E-state index contributed by atoms with van der Waals surface area (Å²) < 4.78 is 20.1. The maximum atomic E-state index is 14.5. The monoisotopic (exact) mass is 496 g/mol. The van der Waals surface area contributed by atoms with Crippen LogP contribution in [0, 0.1) is 19.7 Å². The van der Waals surface area contributed by atoms with Gasteiger partial charge in [-0.1, -0.05) is 17.7 Å². The molecule has 0 saturated heterocycles. The molecule has 4 rings (SSSR count). The third-order valence-electron chi connectivity index (χ3n) is 5.72. The van der Waals surface area contributed by atoms with E-state index in [-0.39, 0.29) is 31.1 Å². The Morgan fingerprint density at radius 2 is 1.89 bits per heavy atom. The van der Waals surface area contributed by atoms with Gasteiger partial charge < -0.3 is 25.3 Å². The van der Waals surface area contributed by atoms with Crippen LogP contribution in [0.15, 0.2) is 54.7 Å². The van der Waals surface area contributed by atoms with Crippen LogP contribution in [0.4, 0.5) is 10.1 Å². The van der Waals surface area contributed by atoms with Gasteiger partial charge in [-0.2, -0.15) is 0 Å². The number of ether oxygens (including phenoxy) is 1. The van der Waals surface area contributed by atoms with Gasteiger partial charge >= 0.3 is 0 Å². The Labute approximate surface area is 207 Å². The first-order valence-corrected chi connectivity index (χ1v) is 11.5. The number of anilines is 1. The standard InChI is InChI=1S/C27H26ClFN2O4/c1-15-7-19(12-20(8-15)35-6-5-32)31-26(21-4-3-18(28)11-17(21)14-33)27(34)23-13-30-25-22(23)9-16(2)10-24(25)29/h3-4,7-13,26,30-33H,5-6,14H2,1-2H3. The van der Waals surface area contributed by atoms with Crippen LogP contribution in [0.1, 0.15) is 38.7 Å². The first kappa shape index (κ1) is 24.7. The highest BCUT2D eigenvalue weighted by atomic mass is 35.5. The molecule has 0 aliphatic heterocycles. The van der Waals surface area contributed by atoms with Crippen LogP contribution < -0.4 is 10.1 Å². The van der Waals surface area contributed by atoms with Crippen LogP contribution in [-0.2, 0) is 6.61 Å². The molecule has 35 heavy (non-hydrogen) atoms. The second kappa shape index (κ2) is 10.5. The van der Waals surface area contributed by atoms with Gasteiger partial charge in [-0.3, -0.25) is 4.79 Å². The summed E-state index contributed by atoms with van der Waals surface area (Å²) in [5, 5.41) is 23.3. The van der Waals surface area contributed by atoms with Gasteiger partial charge in [0.2, 0.25) is 0 Å². The first-order chi connectivity index (χ1) is 16.8. The summed E-state index contributed by atoms with van der Waals surface area (Å²) in [6.45, 7) is 3.35. The van der Waals surface area contributed by atoms with Gasteiger partial charge in [-0.05, 0) is 72.5 Å². The number of rotatable bonds is 9. The van der Waals surface area contributed by atoms with Crippen molar-refractivity contribution in [2.24, 2.45) is 0 Å². The van der Waals surface area contributed by atoms with E-state index in [1.807, 2.05) is 19.1 Å². The minimum Gasteiger partial charge on any atom is -0.491 e. The molecule has 0 saturated carbocycles. The van der Waals surface area contributed by atoms with Crippen LogP contribution in [0.5, 0.6) is 5.75 Å². The maximum absolute atomic E-state index is 14.5. The lowest BCUT2D eigenvalue weighted by Gasteiger charge is -2.22. The van der Waals surface area contributed by atoms with Crippen LogP contribution in [0.2, 0.25) is 5.02 Å². The number of aromatic nitrogens is 1. The first-order valence-electron chi connectivity index (χ1n) is 11.1. The van der Waals surface area contributed by atoms with Crippen LogP contribution in [-0.4, -0.2) is 34.2 Å². The van der Waals surface area contributed by atoms with E-state index in [0.717, 1.165) is 5.56 Å². The third kappa shape index (κ3) is 5.32. The number of carbonyl (C=O) groups excluding carboxylic acids is 1. The summed E-state index contributed by atoms with van der Waals surface area (Å²) in [7, 11) is 0.